The van der Waals surface area contributed by atoms with Crippen molar-refractivity contribution in [2.45, 2.75) is 39.5 Å². The highest BCUT2D eigenvalue weighted by Gasteiger charge is 2.37. The van der Waals surface area contributed by atoms with E-state index in [1.807, 2.05) is 45.9 Å². The number of carbonyl (C=O) groups is 4. The average Bonchev–Trinajstić information content (AvgIpc) is 2.92. The minimum absolute atomic E-state index is 0.0580. The van der Waals surface area contributed by atoms with Gasteiger partial charge in [0, 0.05) is 27.6 Å². The van der Waals surface area contributed by atoms with E-state index in [0.717, 1.165) is 23.3 Å². The highest BCUT2D eigenvalue weighted by molar-refractivity contribution is 6.34. The highest BCUT2D eigenvalue weighted by Crippen LogP contribution is 2.47. The predicted molar refractivity (Wildman–Crippen MR) is 151 cm³/mol. The maximum Gasteiger partial charge on any atom is 0.336 e. The number of anilines is 2. The number of carboxylic acids is 2. The average molecular weight is 538 g/mol. The van der Waals surface area contributed by atoms with Gasteiger partial charge in [0.1, 0.15) is 5.75 Å². The van der Waals surface area contributed by atoms with Crippen LogP contribution < -0.4 is 5.32 Å². The van der Waals surface area contributed by atoms with Gasteiger partial charge >= 0.3 is 11.9 Å². The maximum atomic E-state index is 14.0. The first-order valence-electron chi connectivity index (χ1n) is 12.9. The van der Waals surface area contributed by atoms with Crippen LogP contribution in [0.4, 0.5) is 11.4 Å². The summed E-state index contributed by atoms with van der Waals surface area (Å²) >= 11 is 0. The second-order valence-corrected chi connectivity index (χ2v) is 10.5. The number of phenols is 1. The summed E-state index contributed by atoms with van der Waals surface area (Å²) in [5.74, 6) is -4.56. The van der Waals surface area contributed by atoms with E-state index < -0.39 is 40.4 Å². The van der Waals surface area contributed by atoms with E-state index in [1.165, 1.54) is 12.1 Å². The SMILES string of the molecule is CC(C)c1cccc(C(C)C)c1Nc1c2c(c(O)c3cc(C(=O)O)c(C(=O)O)cc13)C(=O)c1ccccc1C2=O. The van der Waals surface area contributed by atoms with Crippen LogP contribution in [0.3, 0.4) is 0 Å². The number of hydrogen-bond acceptors (Lipinski definition) is 6. The third-order valence-electron chi connectivity index (χ3n) is 7.37. The Bertz CT molecular complexity index is 1760. The molecule has 0 aromatic heterocycles. The molecule has 202 valence electrons. The first kappa shape index (κ1) is 26.6. The van der Waals surface area contributed by atoms with Gasteiger partial charge in [0.25, 0.3) is 0 Å². The fraction of sp³-hybridized carbons (Fsp3) is 0.188. The van der Waals surface area contributed by atoms with E-state index in [0.29, 0.717) is 5.69 Å². The number of benzene rings is 4. The molecule has 0 aliphatic heterocycles. The van der Waals surface area contributed by atoms with Crippen molar-refractivity contribution in [3.63, 3.8) is 0 Å². The second kappa shape index (κ2) is 9.64. The second-order valence-electron chi connectivity index (χ2n) is 10.5. The summed E-state index contributed by atoms with van der Waals surface area (Å²) in [6.45, 7) is 8.06. The molecule has 0 heterocycles. The molecular weight excluding hydrogens is 510 g/mol. The van der Waals surface area contributed by atoms with Crippen LogP contribution in [0.2, 0.25) is 0 Å². The lowest BCUT2D eigenvalue weighted by Crippen LogP contribution is -2.23. The molecule has 8 nitrogen and oxygen atoms in total. The minimum atomic E-state index is -1.51. The smallest absolute Gasteiger partial charge is 0.336 e. The molecule has 1 aliphatic carbocycles. The molecule has 0 spiro atoms. The van der Waals surface area contributed by atoms with Gasteiger partial charge < -0.3 is 20.6 Å². The van der Waals surface area contributed by atoms with Gasteiger partial charge in [-0.15, -0.1) is 0 Å². The molecule has 4 aromatic carbocycles. The van der Waals surface area contributed by atoms with Crippen molar-refractivity contribution in [3.05, 3.63) is 99.1 Å². The Kier molecular flexibility index (Phi) is 6.42. The molecule has 5 rings (SSSR count). The van der Waals surface area contributed by atoms with E-state index in [9.17, 15) is 34.5 Å². The van der Waals surface area contributed by atoms with Gasteiger partial charge in [-0.05, 0) is 35.1 Å². The third kappa shape index (κ3) is 4.00. The minimum Gasteiger partial charge on any atom is -0.506 e. The summed E-state index contributed by atoms with van der Waals surface area (Å²) in [4.78, 5) is 51.8. The quantitative estimate of drug-likeness (QED) is 0.175. The number of para-hydroxylation sites is 1. The molecular formula is C32H27NO7. The van der Waals surface area contributed by atoms with Crippen LogP contribution in [0.5, 0.6) is 5.75 Å². The molecule has 0 fully saturated rings. The number of aromatic carboxylic acids is 2. The molecule has 1 aliphatic rings. The fourth-order valence-corrected chi connectivity index (χ4v) is 5.42. The lowest BCUT2D eigenvalue weighted by atomic mass is 9.80. The lowest BCUT2D eigenvalue weighted by Gasteiger charge is -2.27. The number of nitrogens with one attached hydrogen (secondary N) is 1. The monoisotopic (exact) mass is 537 g/mol. The fourth-order valence-electron chi connectivity index (χ4n) is 5.42. The van der Waals surface area contributed by atoms with Gasteiger partial charge in [-0.1, -0.05) is 70.2 Å². The number of rotatable bonds is 6. The van der Waals surface area contributed by atoms with E-state index in [2.05, 4.69) is 5.32 Å². The van der Waals surface area contributed by atoms with Crippen LogP contribution in [-0.4, -0.2) is 38.8 Å². The largest absolute Gasteiger partial charge is 0.506 e. The van der Waals surface area contributed by atoms with Crippen molar-refractivity contribution in [1.82, 2.24) is 0 Å². The molecule has 4 N–H and O–H groups in total. The molecule has 0 saturated heterocycles. The molecule has 8 heteroatoms. The Hall–Kier alpha value is -4.98. The van der Waals surface area contributed by atoms with Gasteiger partial charge in [-0.3, -0.25) is 9.59 Å². The standard InChI is InChI=1S/C32H27NO7/c1-14(2)16-10-7-11-17(15(3)4)26(16)33-27-20-12-22(31(37)38)23(32(39)40)13-21(20)30(36)25-24(27)28(34)18-8-5-6-9-19(18)29(25)35/h5-15,33,36H,1-4H3,(H,37,38)(H,39,40). The molecule has 0 bridgehead atoms. The number of carbonyl (C=O) groups excluding carboxylic acids is 2. The zero-order valence-corrected chi connectivity index (χ0v) is 22.3. The third-order valence-corrected chi connectivity index (χ3v) is 7.37. The summed E-state index contributed by atoms with van der Waals surface area (Å²) in [7, 11) is 0. The molecule has 0 amide bonds. The van der Waals surface area contributed by atoms with Gasteiger partial charge in [0.2, 0.25) is 0 Å². The van der Waals surface area contributed by atoms with Crippen LogP contribution >= 0.6 is 0 Å². The van der Waals surface area contributed by atoms with Crippen LogP contribution in [0, 0.1) is 0 Å². The molecule has 0 radical (unpaired) electrons. The number of ketones is 2. The van der Waals surface area contributed by atoms with Crippen molar-refractivity contribution in [2.24, 2.45) is 0 Å². The van der Waals surface area contributed by atoms with Crippen LogP contribution in [0.15, 0.2) is 54.6 Å². The summed E-state index contributed by atoms with van der Waals surface area (Å²) in [5.41, 5.74) is 1.53. The van der Waals surface area contributed by atoms with Crippen molar-refractivity contribution < 1.29 is 34.5 Å². The number of fused-ring (bicyclic) bond motifs is 3. The lowest BCUT2D eigenvalue weighted by molar-refractivity contribution is 0.0652. The van der Waals surface area contributed by atoms with E-state index >= 15 is 0 Å². The molecule has 4 aromatic rings. The molecule has 0 unspecified atom stereocenters. The Morgan fingerprint density at radius 2 is 1.15 bits per heavy atom. The topological polar surface area (TPSA) is 141 Å². The molecule has 40 heavy (non-hydrogen) atoms. The van der Waals surface area contributed by atoms with Crippen LogP contribution in [0.1, 0.15) is 103 Å². The maximum absolute atomic E-state index is 14.0. The zero-order valence-electron chi connectivity index (χ0n) is 22.3. The van der Waals surface area contributed by atoms with Crippen molar-refractivity contribution in [3.8, 4) is 5.75 Å². The Balaban J connectivity index is 1.96. The highest BCUT2D eigenvalue weighted by atomic mass is 16.4. The van der Waals surface area contributed by atoms with E-state index in [-0.39, 0.29) is 50.5 Å². The van der Waals surface area contributed by atoms with Crippen molar-refractivity contribution >= 4 is 45.7 Å². The normalized spacial score (nSPS) is 12.6. The number of aromatic hydroxyl groups is 1. The van der Waals surface area contributed by atoms with Crippen molar-refractivity contribution in [1.29, 1.82) is 0 Å². The van der Waals surface area contributed by atoms with Gasteiger partial charge in [0.05, 0.1) is 27.9 Å². The van der Waals surface area contributed by atoms with Gasteiger partial charge in [0.15, 0.2) is 11.6 Å². The molecule has 0 atom stereocenters. The van der Waals surface area contributed by atoms with Gasteiger partial charge in [-0.2, -0.15) is 0 Å². The predicted octanol–water partition coefficient (Wildman–Crippen LogP) is 6.71. The Labute approximate surface area is 229 Å². The first-order valence-corrected chi connectivity index (χ1v) is 12.9. The number of phenolic OH excluding ortho intramolecular Hbond substituents is 1. The Morgan fingerprint density at radius 1 is 0.675 bits per heavy atom. The summed E-state index contributed by atoms with van der Waals surface area (Å²) in [6.07, 6.45) is 0. The molecule has 0 saturated carbocycles. The van der Waals surface area contributed by atoms with Crippen LogP contribution in [0.25, 0.3) is 10.8 Å². The zero-order chi connectivity index (χ0) is 29.0. The number of carboxylic acid groups (broad SMARTS) is 2. The Morgan fingerprint density at radius 3 is 1.62 bits per heavy atom. The van der Waals surface area contributed by atoms with E-state index in [1.54, 1.807) is 12.1 Å². The number of hydrogen-bond donors (Lipinski definition) is 4. The summed E-state index contributed by atoms with van der Waals surface area (Å²) < 4.78 is 0. The summed E-state index contributed by atoms with van der Waals surface area (Å²) in [6, 6.07) is 14.3. The first-order chi connectivity index (χ1) is 18.9. The van der Waals surface area contributed by atoms with Crippen molar-refractivity contribution in [2.75, 3.05) is 5.32 Å². The van der Waals surface area contributed by atoms with Crippen LogP contribution in [-0.2, 0) is 0 Å². The summed E-state index contributed by atoms with van der Waals surface area (Å²) in [5, 5.41) is 34.4. The van der Waals surface area contributed by atoms with E-state index in [4.69, 9.17) is 0 Å². The van der Waals surface area contributed by atoms with Gasteiger partial charge in [-0.25, -0.2) is 9.59 Å².